The lowest BCUT2D eigenvalue weighted by Crippen LogP contribution is -2.17. The predicted molar refractivity (Wildman–Crippen MR) is 73.8 cm³/mol. The van der Waals surface area contributed by atoms with E-state index in [-0.39, 0.29) is 5.69 Å². The molecule has 0 unspecified atom stereocenters. The summed E-state index contributed by atoms with van der Waals surface area (Å²) in [6.45, 7) is 1.46. The number of rotatable bonds is 5. The molecule has 0 aliphatic heterocycles. The average Bonchev–Trinajstić information content (AvgIpc) is 3.04. The topological polar surface area (TPSA) is 64.7 Å². The van der Waals surface area contributed by atoms with Crippen LogP contribution in [0.15, 0.2) is 30.9 Å². The van der Waals surface area contributed by atoms with Crippen LogP contribution in [0.3, 0.4) is 0 Å². The van der Waals surface area contributed by atoms with Crippen LogP contribution in [0.1, 0.15) is 12.5 Å². The van der Waals surface area contributed by atoms with Crippen molar-refractivity contribution in [1.82, 2.24) is 19.6 Å². The first-order chi connectivity index (χ1) is 10.4. The van der Waals surface area contributed by atoms with E-state index in [0.29, 0.717) is 4.68 Å². The second-order valence-electron chi connectivity index (χ2n) is 4.49. The molecular weight excluding hydrogens is 299 g/mol. The summed E-state index contributed by atoms with van der Waals surface area (Å²) in [5.41, 5.74) is 0.952. The number of anilines is 1. The lowest BCUT2D eigenvalue weighted by Gasteiger charge is -2.04. The van der Waals surface area contributed by atoms with Crippen molar-refractivity contribution in [3.63, 3.8) is 0 Å². The van der Waals surface area contributed by atoms with Crippen molar-refractivity contribution in [1.29, 1.82) is 0 Å². The molecule has 22 heavy (non-hydrogen) atoms. The summed E-state index contributed by atoms with van der Waals surface area (Å²) in [5.74, 6) is -0.462. The minimum absolute atomic E-state index is 0.197. The number of aromatic nitrogens is 4. The molecule has 0 aromatic carbocycles. The highest BCUT2D eigenvalue weighted by molar-refractivity contribution is 6.01. The van der Waals surface area contributed by atoms with Crippen LogP contribution >= 0.6 is 0 Å². The first-order valence-corrected chi connectivity index (χ1v) is 6.46. The molecular formula is C13H14F3N5O. The Bertz CT molecular complexity index is 671. The molecule has 9 heteroatoms. The highest BCUT2D eigenvalue weighted by atomic mass is 19.4. The van der Waals surface area contributed by atoms with E-state index >= 15 is 0 Å². The summed E-state index contributed by atoms with van der Waals surface area (Å²) < 4.78 is 39.0. The zero-order valence-electron chi connectivity index (χ0n) is 11.7. The van der Waals surface area contributed by atoms with Crippen molar-refractivity contribution in [2.75, 3.05) is 5.32 Å². The summed E-state index contributed by atoms with van der Waals surface area (Å²) in [6, 6.07) is 0. The number of hydrogen-bond acceptors (Lipinski definition) is 3. The first-order valence-electron chi connectivity index (χ1n) is 6.46. The number of carbonyl (C=O) groups is 1. The third-order valence-electron chi connectivity index (χ3n) is 2.65. The maximum Gasteiger partial charge on any atom is 0.408 e. The van der Waals surface area contributed by atoms with Gasteiger partial charge >= 0.3 is 6.18 Å². The van der Waals surface area contributed by atoms with Crippen LogP contribution in [-0.2, 0) is 17.9 Å². The van der Waals surface area contributed by atoms with Crippen LogP contribution in [-0.4, -0.2) is 31.6 Å². The number of amides is 1. The molecule has 0 fully saturated rings. The number of halogens is 3. The summed E-state index contributed by atoms with van der Waals surface area (Å²) in [4.78, 5) is 11.7. The maximum absolute atomic E-state index is 12.2. The van der Waals surface area contributed by atoms with Gasteiger partial charge < -0.3 is 5.32 Å². The molecule has 0 bridgehead atoms. The molecule has 6 nitrogen and oxygen atoms in total. The Hall–Kier alpha value is -2.58. The van der Waals surface area contributed by atoms with Gasteiger partial charge in [0.2, 0.25) is 5.91 Å². The third kappa shape index (κ3) is 4.76. The third-order valence-corrected chi connectivity index (χ3v) is 2.65. The Kier molecular flexibility index (Phi) is 4.64. The maximum atomic E-state index is 12.2. The molecule has 0 spiro atoms. The fourth-order valence-corrected chi connectivity index (χ4v) is 1.69. The van der Waals surface area contributed by atoms with E-state index in [1.165, 1.54) is 6.08 Å². The average molecular weight is 313 g/mol. The van der Waals surface area contributed by atoms with E-state index in [4.69, 9.17) is 0 Å². The van der Waals surface area contributed by atoms with Crippen molar-refractivity contribution in [2.45, 2.75) is 26.2 Å². The normalized spacial score (nSPS) is 12.0. The minimum atomic E-state index is -4.35. The second kappa shape index (κ2) is 6.46. The molecule has 2 rings (SSSR count). The van der Waals surface area contributed by atoms with E-state index in [9.17, 15) is 18.0 Å². The van der Waals surface area contributed by atoms with Gasteiger partial charge in [-0.3, -0.25) is 14.2 Å². The Balaban J connectivity index is 1.91. The number of aryl methyl sites for hydroxylation is 1. The first kappa shape index (κ1) is 15.8. The van der Waals surface area contributed by atoms with Crippen LogP contribution in [0, 0.1) is 0 Å². The van der Waals surface area contributed by atoms with E-state index < -0.39 is 18.6 Å². The smallest absolute Gasteiger partial charge is 0.320 e. The van der Waals surface area contributed by atoms with E-state index in [1.807, 2.05) is 6.92 Å². The van der Waals surface area contributed by atoms with Gasteiger partial charge in [-0.2, -0.15) is 23.4 Å². The van der Waals surface area contributed by atoms with Crippen molar-refractivity contribution in [3.8, 4) is 0 Å². The second-order valence-corrected chi connectivity index (χ2v) is 4.49. The number of nitrogens with one attached hydrogen (secondary N) is 1. The Labute approximate surface area is 124 Å². The van der Waals surface area contributed by atoms with Crippen LogP contribution in [0.5, 0.6) is 0 Å². The zero-order chi connectivity index (χ0) is 16.2. The standard InChI is InChI=1S/C13H14F3N5O/c1-2-20-7-10(5-17-20)3-4-12(22)19-11-6-18-21(8-11)9-13(14,15)16/h3-8H,2,9H2,1H3,(H,19,22). The molecule has 2 aromatic heterocycles. The van der Waals surface area contributed by atoms with Gasteiger partial charge in [0, 0.05) is 30.6 Å². The summed E-state index contributed by atoms with van der Waals surface area (Å²) in [7, 11) is 0. The molecule has 1 amide bonds. The van der Waals surface area contributed by atoms with Crippen LogP contribution in [0.25, 0.3) is 6.08 Å². The number of hydrogen-bond donors (Lipinski definition) is 1. The fraction of sp³-hybridized carbons (Fsp3) is 0.308. The minimum Gasteiger partial charge on any atom is -0.320 e. The molecule has 0 aliphatic rings. The molecule has 118 valence electrons. The van der Waals surface area contributed by atoms with E-state index in [1.54, 1.807) is 23.2 Å². The lowest BCUT2D eigenvalue weighted by atomic mass is 10.3. The van der Waals surface area contributed by atoms with Gasteiger partial charge in [0.1, 0.15) is 6.54 Å². The SMILES string of the molecule is CCn1cc(C=CC(=O)Nc2cnn(CC(F)(F)F)c2)cn1. The molecule has 0 radical (unpaired) electrons. The van der Waals surface area contributed by atoms with Gasteiger partial charge in [-0.15, -0.1) is 0 Å². The van der Waals surface area contributed by atoms with Gasteiger partial charge in [-0.05, 0) is 13.0 Å². The number of carbonyl (C=O) groups excluding carboxylic acids is 1. The van der Waals surface area contributed by atoms with Crippen LogP contribution in [0.4, 0.5) is 18.9 Å². The highest BCUT2D eigenvalue weighted by Gasteiger charge is 2.28. The van der Waals surface area contributed by atoms with Gasteiger partial charge in [0.25, 0.3) is 0 Å². The van der Waals surface area contributed by atoms with Crippen molar-refractivity contribution >= 4 is 17.7 Å². The van der Waals surface area contributed by atoms with Crippen molar-refractivity contribution in [2.24, 2.45) is 0 Å². The van der Waals surface area contributed by atoms with Crippen molar-refractivity contribution in [3.05, 3.63) is 36.4 Å². The molecule has 0 saturated carbocycles. The summed E-state index contributed by atoms with van der Waals surface area (Å²) in [6.07, 6.45) is 4.14. The van der Waals surface area contributed by atoms with Crippen LogP contribution < -0.4 is 5.32 Å². The predicted octanol–water partition coefficient (Wildman–Crippen LogP) is 2.31. The fourth-order valence-electron chi connectivity index (χ4n) is 1.69. The Morgan fingerprint density at radius 1 is 1.27 bits per heavy atom. The summed E-state index contributed by atoms with van der Waals surface area (Å²) in [5, 5.41) is 10.0. The quantitative estimate of drug-likeness (QED) is 0.862. The number of alkyl halides is 3. The van der Waals surface area contributed by atoms with E-state index in [0.717, 1.165) is 24.5 Å². The van der Waals surface area contributed by atoms with E-state index in [2.05, 4.69) is 15.5 Å². The van der Waals surface area contributed by atoms with Gasteiger partial charge in [0.15, 0.2) is 0 Å². The molecule has 2 heterocycles. The molecule has 0 saturated heterocycles. The molecule has 1 N–H and O–H groups in total. The largest absolute Gasteiger partial charge is 0.408 e. The van der Waals surface area contributed by atoms with Gasteiger partial charge in [-0.1, -0.05) is 0 Å². The van der Waals surface area contributed by atoms with Crippen molar-refractivity contribution < 1.29 is 18.0 Å². The molecule has 2 aromatic rings. The van der Waals surface area contributed by atoms with Crippen LogP contribution in [0.2, 0.25) is 0 Å². The molecule has 0 aliphatic carbocycles. The Morgan fingerprint density at radius 3 is 2.64 bits per heavy atom. The Morgan fingerprint density at radius 2 is 2.00 bits per heavy atom. The highest BCUT2D eigenvalue weighted by Crippen LogP contribution is 2.18. The summed E-state index contributed by atoms with van der Waals surface area (Å²) >= 11 is 0. The molecule has 0 atom stereocenters. The number of nitrogens with zero attached hydrogens (tertiary/aromatic N) is 4. The zero-order valence-corrected chi connectivity index (χ0v) is 11.7. The van der Waals surface area contributed by atoms with Gasteiger partial charge in [-0.25, -0.2) is 0 Å². The van der Waals surface area contributed by atoms with Gasteiger partial charge in [0.05, 0.1) is 18.1 Å². The monoisotopic (exact) mass is 313 g/mol. The lowest BCUT2D eigenvalue weighted by molar-refractivity contribution is -0.142.